The molecule has 104 valence electrons. The molecular weight excluding hydrogens is 296 g/mol. The maximum absolute atomic E-state index is 14.0. The lowest BCUT2D eigenvalue weighted by Crippen LogP contribution is -1.96. The Bertz CT molecular complexity index is 864. The van der Waals surface area contributed by atoms with Gasteiger partial charge in [0, 0.05) is 16.3 Å². The molecule has 2 nitrogen and oxygen atoms in total. The molecule has 5 heteroatoms. The Kier molecular flexibility index (Phi) is 3.39. The van der Waals surface area contributed by atoms with E-state index in [0.29, 0.717) is 17.1 Å². The zero-order valence-electron chi connectivity index (χ0n) is 10.6. The quantitative estimate of drug-likeness (QED) is 0.509. The summed E-state index contributed by atoms with van der Waals surface area (Å²) in [5.74, 6) is -0.974. The summed E-state index contributed by atoms with van der Waals surface area (Å²) in [7, 11) is 0. The first-order valence-corrected chi connectivity index (χ1v) is 6.48. The highest BCUT2D eigenvalue weighted by atomic mass is 35.5. The minimum absolute atomic E-state index is 0.0821. The molecule has 0 unspecified atom stereocenters. The van der Waals surface area contributed by atoms with E-state index < -0.39 is 11.6 Å². The summed E-state index contributed by atoms with van der Waals surface area (Å²) >= 11 is 5.98. The average Bonchev–Trinajstić information content (AvgIpc) is 2.47. The SMILES string of the molecule is O=Cc1c(Cl)nc(-c2ccccc2F)c2ccc(F)cc12. The van der Waals surface area contributed by atoms with Crippen molar-refractivity contribution in [1.82, 2.24) is 4.98 Å². The predicted octanol–water partition coefficient (Wildman–Crippen LogP) is 4.65. The monoisotopic (exact) mass is 303 g/mol. The van der Waals surface area contributed by atoms with Crippen molar-refractivity contribution in [3.05, 3.63) is 64.8 Å². The molecule has 0 bridgehead atoms. The molecule has 2 aromatic carbocycles. The van der Waals surface area contributed by atoms with Crippen LogP contribution < -0.4 is 0 Å². The van der Waals surface area contributed by atoms with Crippen molar-refractivity contribution in [2.75, 3.05) is 0 Å². The van der Waals surface area contributed by atoms with Crippen LogP contribution in [0.4, 0.5) is 8.78 Å². The van der Waals surface area contributed by atoms with Crippen LogP contribution in [0, 0.1) is 11.6 Å². The highest BCUT2D eigenvalue weighted by molar-refractivity contribution is 6.33. The molecule has 0 saturated carbocycles. The average molecular weight is 304 g/mol. The van der Waals surface area contributed by atoms with Crippen molar-refractivity contribution in [1.29, 1.82) is 0 Å². The molecule has 3 rings (SSSR count). The Morgan fingerprint density at radius 2 is 1.81 bits per heavy atom. The summed E-state index contributed by atoms with van der Waals surface area (Å²) in [5.41, 5.74) is 0.610. The van der Waals surface area contributed by atoms with E-state index in [4.69, 9.17) is 11.6 Å². The van der Waals surface area contributed by atoms with E-state index in [9.17, 15) is 13.6 Å². The number of halogens is 3. The minimum atomic E-state index is -0.507. The Hall–Kier alpha value is -2.33. The van der Waals surface area contributed by atoms with Crippen molar-refractivity contribution in [2.45, 2.75) is 0 Å². The van der Waals surface area contributed by atoms with Gasteiger partial charge in [0.15, 0.2) is 6.29 Å². The fourth-order valence-corrected chi connectivity index (χ4v) is 2.48. The fraction of sp³-hybridized carbons (Fsp3) is 0. The third kappa shape index (κ3) is 2.28. The van der Waals surface area contributed by atoms with Crippen LogP contribution >= 0.6 is 11.6 Å². The van der Waals surface area contributed by atoms with Gasteiger partial charge in [-0.3, -0.25) is 4.79 Å². The molecule has 0 aliphatic rings. The molecule has 0 atom stereocenters. The molecular formula is C16H8ClF2NO. The smallest absolute Gasteiger partial charge is 0.153 e. The number of pyridine rings is 1. The van der Waals surface area contributed by atoms with Gasteiger partial charge in [-0.25, -0.2) is 13.8 Å². The number of rotatable bonds is 2. The molecule has 0 amide bonds. The van der Waals surface area contributed by atoms with Crippen LogP contribution in [0.5, 0.6) is 0 Å². The van der Waals surface area contributed by atoms with Crippen molar-refractivity contribution in [3.63, 3.8) is 0 Å². The molecule has 21 heavy (non-hydrogen) atoms. The van der Waals surface area contributed by atoms with Gasteiger partial charge in [0.1, 0.15) is 16.8 Å². The van der Waals surface area contributed by atoms with Gasteiger partial charge in [0.05, 0.1) is 11.3 Å². The Morgan fingerprint density at radius 1 is 1.05 bits per heavy atom. The van der Waals surface area contributed by atoms with Crippen molar-refractivity contribution in [3.8, 4) is 11.3 Å². The highest BCUT2D eigenvalue weighted by Crippen LogP contribution is 2.33. The van der Waals surface area contributed by atoms with Gasteiger partial charge in [0.2, 0.25) is 0 Å². The number of hydrogen-bond acceptors (Lipinski definition) is 2. The Morgan fingerprint density at radius 3 is 2.52 bits per heavy atom. The fourth-order valence-electron chi connectivity index (χ4n) is 2.25. The summed E-state index contributed by atoms with van der Waals surface area (Å²) in [6.45, 7) is 0. The molecule has 0 aliphatic carbocycles. The standard InChI is InChI=1S/C16H8ClF2NO/c17-16-13(8-21)12-7-9(18)5-6-10(12)15(20-16)11-3-1-2-4-14(11)19/h1-8H. The molecule has 0 radical (unpaired) electrons. The molecule has 0 saturated heterocycles. The number of aromatic nitrogens is 1. The zero-order chi connectivity index (χ0) is 15.0. The second kappa shape index (κ2) is 5.22. The van der Waals surface area contributed by atoms with Crippen LogP contribution in [0.3, 0.4) is 0 Å². The van der Waals surface area contributed by atoms with Gasteiger partial charge in [-0.1, -0.05) is 23.7 Å². The largest absolute Gasteiger partial charge is 0.298 e. The zero-order valence-corrected chi connectivity index (χ0v) is 11.4. The molecule has 0 fully saturated rings. The minimum Gasteiger partial charge on any atom is -0.298 e. The van der Waals surface area contributed by atoms with Crippen molar-refractivity contribution in [2.24, 2.45) is 0 Å². The van der Waals surface area contributed by atoms with Gasteiger partial charge in [0.25, 0.3) is 0 Å². The van der Waals surface area contributed by atoms with Crippen molar-refractivity contribution >= 4 is 28.7 Å². The summed E-state index contributed by atoms with van der Waals surface area (Å²) in [6.07, 6.45) is 0.516. The van der Waals surface area contributed by atoms with Crippen LogP contribution in [0.2, 0.25) is 5.15 Å². The molecule has 0 spiro atoms. The van der Waals surface area contributed by atoms with E-state index in [1.165, 1.54) is 24.3 Å². The number of hydrogen-bond donors (Lipinski definition) is 0. The summed E-state index contributed by atoms with van der Waals surface area (Å²) in [5, 5.41) is 0.692. The van der Waals surface area contributed by atoms with Gasteiger partial charge < -0.3 is 0 Å². The number of aldehydes is 1. The third-order valence-corrected chi connectivity index (χ3v) is 3.49. The van der Waals surface area contributed by atoms with E-state index in [-0.39, 0.29) is 22.0 Å². The van der Waals surface area contributed by atoms with Gasteiger partial charge in [-0.05, 0) is 30.3 Å². The summed E-state index contributed by atoms with van der Waals surface area (Å²) in [6, 6.07) is 9.96. The van der Waals surface area contributed by atoms with Crippen LogP contribution in [0.1, 0.15) is 10.4 Å². The highest BCUT2D eigenvalue weighted by Gasteiger charge is 2.16. The van der Waals surface area contributed by atoms with Crippen molar-refractivity contribution < 1.29 is 13.6 Å². The van der Waals surface area contributed by atoms with E-state index in [0.717, 1.165) is 0 Å². The first-order chi connectivity index (χ1) is 10.1. The molecule has 0 N–H and O–H groups in total. The first-order valence-electron chi connectivity index (χ1n) is 6.10. The lowest BCUT2D eigenvalue weighted by atomic mass is 10.0. The molecule has 1 heterocycles. The first kappa shape index (κ1) is 13.6. The van der Waals surface area contributed by atoms with Crippen LogP contribution in [-0.2, 0) is 0 Å². The lowest BCUT2D eigenvalue weighted by Gasteiger charge is -2.10. The summed E-state index contributed by atoms with van der Waals surface area (Å²) in [4.78, 5) is 15.3. The van der Waals surface area contributed by atoms with Crippen LogP contribution in [0.15, 0.2) is 42.5 Å². The van der Waals surface area contributed by atoms with Gasteiger partial charge >= 0.3 is 0 Å². The number of carbonyl (C=O) groups is 1. The predicted molar refractivity (Wildman–Crippen MR) is 77.5 cm³/mol. The third-order valence-electron chi connectivity index (χ3n) is 3.21. The maximum atomic E-state index is 14.0. The number of fused-ring (bicyclic) bond motifs is 1. The summed E-state index contributed by atoms with van der Waals surface area (Å²) < 4.78 is 27.4. The number of nitrogens with zero attached hydrogens (tertiary/aromatic N) is 1. The molecule has 3 aromatic rings. The second-order valence-corrected chi connectivity index (χ2v) is 4.81. The van der Waals surface area contributed by atoms with Crippen LogP contribution in [-0.4, -0.2) is 11.3 Å². The van der Waals surface area contributed by atoms with Gasteiger partial charge in [-0.15, -0.1) is 0 Å². The maximum Gasteiger partial charge on any atom is 0.153 e. The molecule has 1 aromatic heterocycles. The van der Waals surface area contributed by atoms with E-state index in [2.05, 4.69) is 4.98 Å². The van der Waals surface area contributed by atoms with Gasteiger partial charge in [-0.2, -0.15) is 0 Å². The molecule has 0 aliphatic heterocycles. The topological polar surface area (TPSA) is 30.0 Å². The van der Waals surface area contributed by atoms with E-state index >= 15 is 0 Å². The number of benzene rings is 2. The Balaban J connectivity index is 2.45. The second-order valence-electron chi connectivity index (χ2n) is 4.45. The normalized spacial score (nSPS) is 10.8. The Labute approximate surface area is 124 Å². The van der Waals surface area contributed by atoms with E-state index in [1.807, 2.05) is 0 Å². The number of carbonyl (C=O) groups excluding carboxylic acids is 1. The lowest BCUT2D eigenvalue weighted by molar-refractivity contribution is 0.112. The van der Waals surface area contributed by atoms with Crippen LogP contribution in [0.25, 0.3) is 22.0 Å². The van der Waals surface area contributed by atoms with E-state index in [1.54, 1.807) is 18.2 Å².